The summed E-state index contributed by atoms with van der Waals surface area (Å²) < 4.78 is 39.6. The normalized spacial score (nSPS) is 18.2. The highest BCUT2D eigenvalue weighted by Gasteiger charge is 2.34. The van der Waals surface area contributed by atoms with E-state index in [9.17, 15) is 18.0 Å². The molecule has 3 aromatic rings. The topological polar surface area (TPSA) is 46.4 Å². The number of imidazole rings is 1. The molecule has 1 aliphatic rings. The van der Waals surface area contributed by atoms with Gasteiger partial charge in [-0.3, -0.25) is 9.20 Å². The van der Waals surface area contributed by atoms with Crippen molar-refractivity contribution in [3.63, 3.8) is 0 Å². The number of pyridine rings is 1. The zero-order valence-electron chi connectivity index (χ0n) is 18.6. The van der Waals surface area contributed by atoms with E-state index < -0.39 is 12.6 Å². The van der Waals surface area contributed by atoms with Gasteiger partial charge in [-0.2, -0.15) is 13.2 Å². The molecule has 1 aliphatic carbocycles. The van der Waals surface area contributed by atoms with Crippen molar-refractivity contribution in [1.29, 1.82) is 0 Å². The number of nitrogens with one attached hydrogen (secondary N) is 1. The van der Waals surface area contributed by atoms with Crippen LogP contribution in [-0.4, -0.2) is 27.9 Å². The third-order valence-corrected chi connectivity index (χ3v) is 6.34. The van der Waals surface area contributed by atoms with Gasteiger partial charge in [0.25, 0.3) is 0 Å². The SMILES string of the molecule is CCc1cc(NCCC(F)(F)F)c2ncc(-c3ccc(C(=O)C[C@H]4C[C@@H]4C)c(C)c3)n2c1. The molecule has 0 radical (unpaired) electrons. The Bertz CT molecular complexity index is 1150. The molecule has 4 rings (SSSR count). The zero-order chi connectivity index (χ0) is 23.0. The third kappa shape index (κ3) is 4.81. The summed E-state index contributed by atoms with van der Waals surface area (Å²) in [5.74, 6) is 1.34. The van der Waals surface area contributed by atoms with Crippen LogP contribution < -0.4 is 5.32 Å². The molecule has 4 nitrogen and oxygen atoms in total. The first-order chi connectivity index (χ1) is 15.2. The van der Waals surface area contributed by atoms with Gasteiger partial charge in [0.15, 0.2) is 11.4 Å². The average molecular weight is 444 g/mol. The van der Waals surface area contributed by atoms with E-state index in [-0.39, 0.29) is 12.3 Å². The molecule has 1 N–H and O–H groups in total. The number of nitrogens with zero attached hydrogens (tertiary/aromatic N) is 2. The fourth-order valence-corrected chi connectivity index (χ4v) is 4.19. The molecule has 0 saturated heterocycles. The zero-order valence-corrected chi connectivity index (χ0v) is 18.6. The minimum Gasteiger partial charge on any atom is -0.382 e. The maximum absolute atomic E-state index is 12.7. The molecular formula is C25H28F3N3O. The monoisotopic (exact) mass is 443 g/mol. The highest BCUT2D eigenvalue weighted by atomic mass is 19.4. The van der Waals surface area contributed by atoms with Crippen LogP contribution in [0.15, 0.2) is 36.7 Å². The van der Waals surface area contributed by atoms with Crippen LogP contribution in [0.2, 0.25) is 0 Å². The van der Waals surface area contributed by atoms with Crippen LogP contribution in [-0.2, 0) is 6.42 Å². The Hall–Kier alpha value is -2.83. The fraction of sp³-hybridized carbons (Fsp3) is 0.440. The van der Waals surface area contributed by atoms with Gasteiger partial charge in [-0.05, 0) is 54.9 Å². The lowest BCUT2D eigenvalue weighted by Crippen LogP contribution is -2.15. The lowest BCUT2D eigenvalue weighted by atomic mass is 9.97. The van der Waals surface area contributed by atoms with E-state index >= 15 is 0 Å². The average Bonchev–Trinajstić information content (AvgIpc) is 3.24. The van der Waals surface area contributed by atoms with Gasteiger partial charge >= 0.3 is 6.18 Å². The largest absolute Gasteiger partial charge is 0.390 e. The van der Waals surface area contributed by atoms with E-state index in [2.05, 4.69) is 17.2 Å². The number of aromatic nitrogens is 2. The van der Waals surface area contributed by atoms with Crippen LogP contribution >= 0.6 is 0 Å². The van der Waals surface area contributed by atoms with E-state index in [1.54, 1.807) is 6.20 Å². The van der Waals surface area contributed by atoms with E-state index in [1.165, 1.54) is 0 Å². The Morgan fingerprint density at radius 3 is 2.66 bits per heavy atom. The number of anilines is 1. The van der Waals surface area contributed by atoms with Gasteiger partial charge in [-0.1, -0.05) is 26.0 Å². The summed E-state index contributed by atoms with van der Waals surface area (Å²) in [5, 5.41) is 2.90. The molecule has 0 unspecified atom stereocenters. The molecule has 2 heterocycles. The predicted molar refractivity (Wildman–Crippen MR) is 120 cm³/mol. The van der Waals surface area contributed by atoms with Crippen molar-refractivity contribution >= 4 is 17.1 Å². The second kappa shape index (κ2) is 8.60. The maximum Gasteiger partial charge on any atom is 0.390 e. The molecule has 2 atom stereocenters. The fourth-order valence-electron chi connectivity index (χ4n) is 4.19. The molecule has 0 amide bonds. The first-order valence-electron chi connectivity index (χ1n) is 11.1. The van der Waals surface area contributed by atoms with Crippen molar-refractivity contribution in [1.82, 2.24) is 9.38 Å². The Morgan fingerprint density at radius 1 is 1.28 bits per heavy atom. The van der Waals surface area contributed by atoms with E-state index in [1.807, 2.05) is 48.7 Å². The summed E-state index contributed by atoms with van der Waals surface area (Å²) in [6.45, 7) is 5.92. The highest BCUT2D eigenvalue weighted by molar-refractivity contribution is 5.98. The summed E-state index contributed by atoms with van der Waals surface area (Å²) in [5.41, 5.74) is 5.60. The van der Waals surface area contributed by atoms with Crippen molar-refractivity contribution in [2.24, 2.45) is 11.8 Å². The van der Waals surface area contributed by atoms with Crippen LogP contribution in [0.5, 0.6) is 0 Å². The molecule has 170 valence electrons. The first-order valence-corrected chi connectivity index (χ1v) is 11.1. The highest BCUT2D eigenvalue weighted by Crippen LogP contribution is 2.41. The summed E-state index contributed by atoms with van der Waals surface area (Å²) in [6.07, 6.45) is 1.06. The van der Waals surface area contributed by atoms with Crippen molar-refractivity contribution in [2.75, 3.05) is 11.9 Å². The summed E-state index contributed by atoms with van der Waals surface area (Å²) >= 11 is 0. The molecule has 7 heteroatoms. The first kappa shape index (κ1) is 22.4. The van der Waals surface area contributed by atoms with Gasteiger partial charge in [0.05, 0.1) is 24.0 Å². The van der Waals surface area contributed by atoms with Crippen LogP contribution in [0.25, 0.3) is 16.9 Å². The van der Waals surface area contributed by atoms with Crippen molar-refractivity contribution < 1.29 is 18.0 Å². The third-order valence-electron chi connectivity index (χ3n) is 6.34. The smallest absolute Gasteiger partial charge is 0.382 e. The number of Topliss-reactive ketones (excluding diaryl/α,β-unsaturated/α-hetero) is 1. The molecule has 0 spiro atoms. The van der Waals surface area contributed by atoms with Crippen LogP contribution in [0.4, 0.5) is 18.9 Å². The van der Waals surface area contributed by atoms with Crippen LogP contribution in [0, 0.1) is 18.8 Å². The summed E-state index contributed by atoms with van der Waals surface area (Å²) in [4.78, 5) is 17.1. The lowest BCUT2D eigenvalue weighted by molar-refractivity contribution is -0.131. The number of carbonyl (C=O) groups is 1. The molecule has 1 fully saturated rings. The number of hydrogen-bond donors (Lipinski definition) is 1. The summed E-state index contributed by atoms with van der Waals surface area (Å²) in [7, 11) is 0. The lowest BCUT2D eigenvalue weighted by Gasteiger charge is -2.13. The van der Waals surface area contributed by atoms with Crippen molar-refractivity contribution in [3.05, 3.63) is 53.3 Å². The number of alkyl halides is 3. The maximum atomic E-state index is 12.7. The molecule has 0 aliphatic heterocycles. The number of benzene rings is 1. The Labute approximate surface area is 185 Å². The van der Waals surface area contributed by atoms with Gasteiger partial charge in [0.2, 0.25) is 0 Å². The number of fused-ring (bicyclic) bond motifs is 1. The standard InChI is InChI=1S/C25H28F3N3O/c1-4-17-11-21(29-8-7-25(26,27)28)24-30-13-22(31(24)14-17)18-5-6-20(16(3)10-18)23(32)12-19-9-15(19)2/h5-6,10-11,13-15,19,29H,4,7-9,12H2,1-3H3/t15-,19+/m0/s1. The molecule has 32 heavy (non-hydrogen) atoms. The Kier molecular flexibility index (Phi) is 6.01. The number of aryl methyl sites for hydroxylation is 2. The van der Waals surface area contributed by atoms with Gasteiger partial charge in [-0.15, -0.1) is 0 Å². The van der Waals surface area contributed by atoms with Crippen LogP contribution in [0.1, 0.15) is 54.6 Å². The minimum atomic E-state index is -4.21. The second-order valence-electron chi connectivity index (χ2n) is 8.87. The van der Waals surface area contributed by atoms with Crippen LogP contribution in [0.3, 0.4) is 0 Å². The molecule has 1 saturated carbocycles. The minimum absolute atomic E-state index is 0.186. The van der Waals surface area contributed by atoms with Gasteiger partial charge in [0, 0.05) is 30.3 Å². The number of carbonyl (C=O) groups excluding carboxylic acids is 1. The number of rotatable bonds is 8. The van der Waals surface area contributed by atoms with Crippen molar-refractivity contribution in [2.45, 2.75) is 52.6 Å². The second-order valence-corrected chi connectivity index (χ2v) is 8.87. The van der Waals surface area contributed by atoms with Crippen molar-refractivity contribution in [3.8, 4) is 11.3 Å². The van der Waals surface area contributed by atoms with Gasteiger partial charge in [0.1, 0.15) is 0 Å². The molecular weight excluding hydrogens is 415 g/mol. The van der Waals surface area contributed by atoms with E-state index in [4.69, 9.17) is 0 Å². The molecule has 0 bridgehead atoms. The Morgan fingerprint density at radius 2 is 2.03 bits per heavy atom. The summed E-state index contributed by atoms with van der Waals surface area (Å²) in [6, 6.07) is 7.65. The van der Waals surface area contributed by atoms with Gasteiger partial charge < -0.3 is 5.32 Å². The molecule has 1 aromatic carbocycles. The number of hydrogen-bond acceptors (Lipinski definition) is 3. The van der Waals surface area contributed by atoms with E-state index in [0.29, 0.717) is 29.6 Å². The van der Waals surface area contributed by atoms with Gasteiger partial charge in [-0.25, -0.2) is 4.98 Å². The quantitative estimate of drug-likeness (QED) is 0.406. The predicted octanol–water partition coefficient (Wildman–Crippen LogP) is 6.47. The van der Waals surface area contributed by atoms with E-state index in [0.717, 1.165) is 40.8 Å². The number of ketones is 1. The number of halogens is 3. The molecule has 2 aromatic heterocycles. The Balaban J connectivity index is 1.63.